The minimum atomic E-state index is 0.284. The van der Waals surface area contributed by atoms with Crippen molar-refractivity contribution >= 4 is 11.8 Å². The number of aromatic hydroxyl groups is 1. The van der Waals surface area contributed by atoms with E-state index >= 15 is 0 Å². The second kappa shape index (κ2) is 5.35. The minimum Gasteiger partial charge on any atom is -0.508 e. The summed E-state index contributed by atoms with van der Waals surface area (Å²) in [6.45, 7) is 0.524. The van der Waals surface area contributed by atoms with Gasteiger partial charge >= 0.3 is 0 Å². The lowest BCUT2D eigenvalue weighted by Crippen LogP contribution is -2.13. The molecule has 94 valence electrons. The second-order valence-corrected chi connectivity index (χ2v) is 4.12. The Morgan fingerprint density at radius 2 is 2.00 bits per heavy atom. The summed E-state index contributed by atoms with van der Waals surface area (Å²) in [5.74, 6) is 1.67. The summed E-state index contributed by atoms with van der Waals surface area (Å²) in [7, 11) is 3.78. The molecule has 2 aromatic rings. The van der Waals surface area contributed by atoms with Crippen LogP contribution in [0.3, 0.4) is 0 Å². The third kappa shape index (κ3) is 2.88. The molecule has 5 nitrogen and oxygen atoms in total. The van der Waals surface area contributed by atoms with E-state index in [1.807, 2.05) is 31.1 Å². The van der Waals surface area contributed by atoms with Gasteiger partial charge < -0.3 is 15.3 Å². The van der Waals surface area contributed by atoms with Crippen LogP contribution in [0.15, 0.2) is 36.5 Å². The highest BCUT2D eigenvalue weighted by Gasteiger charge is 2.02. The highest BCUT2D eigenvalue weighted by atomic mass is 16.3. The topological polar surface area (TPSA) is 61.3 Å². The SMILES string of the molecule is CN(C)c1nccc(NCc2ccccc2O)n1. The molecule has 0 aliphatic carbocycles. The van der Waals surface area contributed by atoms with Crippen LogP contribution in [0, 0.1) is 0 Å². The van der Waals surface area contributed by atoms with Crippen LogP contribution < -0.4 is 10.2 Å². The van der Waals surface area contributed by atoms with Gasteiger partial charge in [0.1, 0.15) is 11.6 Å². The first-order valence-electron chi connectivity index (χ1n) is 5.68. The van der Waals surface area contributed by atoms with E-state index in [1.165, 1.54) is 0 Å². The van der Waals surface area contributed by atoms with E-state index in [2.05, 4.69) is 15.3 Å². The molecule has 0 saturated heterocycles. The third-order valence-electron chi connectivity index (χ3n) is 2.49. The van der Waals surface area contributed by atoms with Crippen molar-refractivity contribution in [3.63, 3.8) is 0 Å². The average molecular weight is 244 g/mol. The number of hydrogen-bond acceptors (Lipinski definition) is 5. The molecule has 1 aromatic heterocycles. The van der Waals surface area contributed by atoms with Gasteiger partial charge in [-0.05, 0) is 12.1 Å². The van der Waals surface area contributed by atoms with E-state index in [1.54, 1.807) is 24.4 Å². The molecular weight excluding hydrogens is 228 g/mol. The number of benzene rings is 1. The van der Waals surface area contributed by atoms with Gasteiger partial charge in [0.05, 0.1) is 0 Å². The summed E-state index contributed by atoms with van der Waals surface area (Å²) in [6.07, 6.45) is 1.70. The van der Waals surface area contributed by atoms with Gasteiger partial charge in [-0.25, -0.2) is 4.98 Å². The van der Waals surface area contributed by atoms with Crippen LogP contribution in [0.25, 0.3) is 0 Å². The zero-order valence-electron chi connectivity index (χ0n) is 10.5. The Labute approximate surface area is 106 Å². The number of rotatable bonds is 4. The molecule has 0 atom stereocenters. The smallest absolute Gasteiger partial charge is 0.226 e. The zero-order chi connectivity index (χ0) is 13.0. The van der Waals surface area contributed by atoms with Gasteiger partial charge in [-0.2, -0.15) is 4.98 Å². The molecular formula is C13H16N4O. The Hall–Kier alpha value is -2.30. The highest BCUT2D eigenvalue weighted by Crippen LogP contribution is 2.17. The molecule has 1 aromatic carbocycles. The molecule has 0 amide bonds. The summed E-state index contributed by atoms with van der Waals surface area (Å²) < 4.78 is 0. The van der Waals surface area contributed by atoms with Crippen LogP contribution in [-0.2, 0) is 6.54 Å². The van der Waals surface area contributed by atoms with E-state index in [4.69, 9.17) is 0 Å². The average Bonchev–Trinajstić information content (AvgIpc) is 2.38. The maximum Gasteiger partial charge on any atom is 0.226 e. The molecule has 0 spiro atoms. The summed E-state index contributed by atoms with van der Waals surface area (Å²) in [4.78, 5) is 10.3. The number of aromatic nitrogens is 2. The highest BCUT2D eigenvalue weighted by molar-refractivity contribution is 5.42. The Morgan fingerprint density at radius 1 is 1.22 bits per heavy atom. The summed E-state index contributed by atoms with van der Waals surface area (Å²) in [6, 6.07) is 9.03. The van der Waals surface area contributed by atoms with Crippen molar-refractivity contribution in [1.82, 2.24) is 9.97 Å². The summed E-state index contributed by atoms with van der Waals surface area (Å²) in [5.41, 5.74) is 0.836. The molecule has 0 unspecified atom stereocenters. The first-order chi connectivity index (χ1) is 8.66. The van der Waals surface area contributed by atoms with E-state index in [-0.39, 0.29) is 5.75 Å². The van der Waals surface area contributed by atoms with E-state index in [0.717, 1.165) is 11.4 Å². The largest absolute Gasteiger partial charge is 0.508 e. The molecule has 5 heteroatoms. The lowest BCUT2D eigenvalue weighted by molar-refractivity contribution is 0.469. The number of anilines is 2. The molecule has 18 heavy (non-hydrogen) atoms. The van der Waals surface area contributed by atoms with Crippen LogP contribution >= 0.6 is 0 Å². The van der Waals surface area contributed by atoms with Crippen LogP contribution in [0.1, 0.15) is 5.56 Å². The lowest BCUT2D eigenvalue weighted by atomic mass is 10.2. The van der Waals surface area contributed by atoms with E-state index < -0.39 is 0 Å². The van der Waals surface area contributed by atoms with Gasteiger partial charge in [-0.1, -0.05) is 18.2 Å². The third-order valence-corrected chi connectivity index (χ3v) is 2.49. The molecule has 0 saturated carbocycles. The minimum absolute atomic E-state index is 0.284. The van der Waals surface area contributed by atoms with Crippen molar-refractivity contribution in [3.8, 4) is 5.75 Å². The zero-order valence-corrected chi connectivity index (χ0v) is 10.5. The van der Waals surface area contributed by atoms with Crippen molar-refractivity contribution in [2.45, 2.75) is 6.54 Å². The maximum absolute atomic E-state index is 9.65. The number of nitrogens with zero attached hydrogens (tertiary/aromatic N) is 3. The molecule has 0 bridgehead atoms. The monoisotopic (exact) mass is 244 g/mol. The van der Waals surface area contributed by atoms with Gasteiger partial charge in [-0.15, -0.1) is 0 Å². The number of phenols is 1. The molecule has 1 heterocycles. The van der Waals surface area contributed by atoms with Gasteiger partial charge in [0.15, 0.2) is 0 Å². The quantitative estimate of drug-likeness (QED) is 0.859. The first kappa shape index (κ1) is 12.2. The Bertz CT molecular complexity index is 528. The van der Waals surface area contributed by atoms with Crippen molar-refractivity contribution < 1.29 is 5.11 Å². The molecule has 0 radical (unpaired) electrons. The number of para-hydroxylation sites is 1. The predicted octanol–water partition coefficient (Wildman–Crippen LogP) is 1.86. The molecule has 0 fully saturated rings. The van der Waals surface area contributed by atoms with Gasteiger partial charge in [0, 0.05) is 32.4 Å². The Balaban J connectivity index is 2.07. The molecule has 2 rings (SSSR count). The van der Waals surface area contributed by atoms with Crippen LogP contribution in [0.4, 0.5) is 11.8 Å². The van der Waals surface area contributed by atoms with Crippen molar-refractivity contribution in [2.24, 2.45) is 0 Å². The van der Waals surface area contributed by atoms with Gasteiger partial charge in [-0.3, -0.25) is 0 Å². The molecule has 0 aliphatic heterocycles. The van der Waals surface area contributed by atoms with Crippen LogP contribution in [-0.4, -0.2) is 29.2 Å². The van der Waals surface area contributed by atoms with E-state index in [9.17, 15) is 5.11 Å². The standard InChI is InChI=1S/C13H16N4O/c1-17(2)13-14-8-7-12(16-13)15-9-10-5-3-4-6-11(10)18/h3-8,18H,9H2,1-2H3,(H,14,15,16). The summed E-state index contributed by atoms with van der Waals surface area (Å²) >= 11 is 0. The van der Waals surface area contributed by atoms with Crippen LogP contribution in [0.2, 0.25) is 0 Å². The fourth-order valence-corrected chi connectivity index (χ4v) is 1.51. The molecule has 0 aliphatic rings. The fraction of sp³-hybridized carbons (Fsp3) is 0.231. The summed E-state index contributed by atoms with van der Waals surface area (Å²) in [5, 5.41) is 12.8. The van der Waals surface area contributed by atoms with Crippen molar-refractivity contribution in [3.05, 3.63) is 42.1 Å². The first-order valence-corrected chi connectivity index (χ1v) is 5.68. The van der Waals surface area contributed by atoms with Crippen molar-refractivity contribution in [1.29, 1.82) is 0 Å². The Kier molecular flexibility index (Phi) is 3.62. The maximum atomic E-state index is 9.65. The Morgan fingerprint density at radius 3 is 2.72 bits per heavy atom. The van der Waals surface area contributed by atoms with Gasteiger partial charge in [0.25, 0.3) is 0 Å². The fourth-order valence-electron chi connectivity index (χ4n) is 1.51. The number of hydrogen-bond donors (Lipinski definition) is 2. The lowest BCUT2D eigenvalue weighted by Gasteiger charge is -2.12. The van der Waals surface area contributed by atoms with E-state index in [0.29, 0.717) is 12.5 Å². The normalized spacial score (nSPS) is 10.1. The van der Waals surface area contributed by atoms with Gasteiger partial charge in [0.2, 0.25) is 5.95 Å². The van der Waals surface area contributed by atoms with Crippen LogP contribution in [0.5, 0.6) is 5.75 Å². The number of nitrogens with one attached hydrogen (secondary N) is 1. The predicted molar refractivity (Wildman–Crippen MR) is 71.8 cm³/mol. The molecule has 2 N–H and O–H groups in total. The second-order valence-electron chi connectivity index (χ2n) is 4.12. The van der Waals surface area contributed by atoms with Crippen molar-refractivity contribution in [2.75, 3.05) is 24.3 Å². The number of phenolic OH excluding ortho intramolecular Hbond substituents is 1.